The molecule has 0 spiro atoms. The normalized spacial score (nSPS) is 26.5. The summed E-state index contributed by atoms with van der Waals surface area (Å²) < 4.78 is 5.22. The van der Waals surface area contributed by atoms with Crippen molar-refractivity contribution < 1.29 is 9.53 Å². The van der Waals surface area contributed by atoms with Gasteiger partial charge in [0, 0.05) is 18.6 Å². The zero-order chi connectivity index (χ0) is 13.0. The molecule has 1 fully saturated rings. The highest BCUT2D eigenvalue weighted by atomic mass is 16.5. The fourth-order valence-electron chi connectivity index (χ4n) is 1.95. The Morgan fingerprint density at radius 3 is 2.53 bits per heavy atom. The van der Waals surface area contributed by atoms with Crippen LogP contribution in [0.1, 0.15) is 13.8 Å². The third kappa shape index (κ3) is 4.26. The van der Waals surface area contributed by atoms with Gasteiger partial charge in [-0.2, -0.15) is 0 Å². The average Bonchev–Trinajstić information content (AvgIpc) is 2.62. The van der Waals surface area contributed by atoms with Crippen molar-refractivity contribution in [3.63, 3.8) is 0 Å². The smallest absolute Gasteiger partial charge is 0.227 e. The Morgan fingerprint density at radius 1 is 1.47 bits per heavy atom. The van der Waals surface area contributed by atoms with Gasteiger partial charge in [-0.05, 0) is 20.0 Å². The lowest BCUT2D eigenvalue weighted by molar-refractivity contribution is -0.126. The highest BCUT2D eigenvalue weighted by Crippen LogP contribution is 2.13. The van der Waals surface area contributed by atoms with Crippen molar-refractivity contribution in [2.75, 3.05) is 33.9 Å². The van der Waals surface area contributed by atoms with Gasteiger partial charge in [-0.1, -0.05) is 13.8 Å². The molecule has 5 heteroatoms. The van der Waals surface area contributed by atoms with Crippen LogP contribution >= 0.6 is 0 Å². The molecule has 1 saturated heterocycles. The summed E-state index contributed by atoms with van der Waals surface area (Å²) in [7, 11) is 4.01. The van der Waals surface area contributed by atoms with Gasteiger partial charge < -0.3 is 20.7 Å². The van der Waals surface area contributed by atoms with Crippen LogP contribution in [0.3, 0.4) is 0 Å². The standard InChI is InChI=1S/C12H25N3O2/c1-8(2)11(5-15(3)4)14-12(16)9-6-17-7-10(9)13/h8-11H,5-7,13H2,1-4H3,(H,14,16). The molecule has 1 rings (SSSR count). The lowest BCUT2D eigenvalue weighted by atomic mass is 10.00. The SMILES string of the molecule is CC(C)C(CN(C)C)NC(=O)C1COCC1N. The second-order valence-corrected chi connectivity index (χ2v) is 5.43. The molecule has 100 valence electrons. The van der Waals surface area contributed by atoms with Crippen LogP contribution < -0.4 is 11.1 Å². The number of rotatable bonds is 5. The Kier molecular flexibility index (Phi) is 5.36. The van der Waals surface area contributed by atoms with Gasteiger partial charge >= 0.3 is 0 Å². The predicted octanol–water partition coefficient (Wildman–Crippen LogP) is -0.337. The number of nitrogens with one attached hydrogen (secondary N) is 1. The van der Waals surface area contributed by atoms with Crippen LogP contribution in [-0.2, 0) is 9.53 Å². The maximum absolute atomic E-state index is 12.1. The Hall–Kier alpha value is -0.650. The molecule has 0 bridgehead atoms. The van der Waals surface area contributed by atoms with Crippen LogP contribution in [0.25, 0.3) is 0 Å². The Morgan fingerprint density at radius 2 is 2.12 bits per heavy atom. The molecule has 3 unspecified atom stereocenters. The van der Waals surface area contributed by atoms with E-state index in [0.29, 0.717) is 19.1 Å². The molecule has 0 saturated carbocycles. The second-order valence-electron chi connectivity index (χ2n) is 5.43. The van der Waals surface area contributed by atoms with E-state index in [2.05, 4.69) is 24.1 Å². The van der Waals surface area contributed by atoms with Crippen molar-refractivity contribution in [1.82, 2.24) is 10.2 Å². The number of nitrogens with two attached hydrogens (primary N) is 1. The minimum atomic E-state index is -0.196. The largest absolute Gasteiger partial charge is 0.379 e. The Labute approximate surface area is 104 Å². The van der Waals surface area contributed by atoms with Gasteiger partial charge in [0.15, 0.2) is 0 Å². The third-order valence-corrected chi connectivity index (χ3v) is 3.16. The van der Waals surface area contributed by atoms with Crippen LogP contribution in [0, 0.1) is 11.8 Å². The number of ether oxygens (including phenoxy) is 1. The van der Waals surface area contributed by atoms with Gasteiger partial charge in [-0.25, -0.2) is 0 Å². The highest BCUT2D eigenvalue weighted by Gasteiger charge is 2.32. The molecule has 0 aliphatic carbocycles. The van der Waals surface area contributed by atoms with Crippen LogP contribution in [0.2, 0.25) is 0 Å². The van der Waals surface area contributed by atoms with Crippen molar-refractivity contribution in [1.29, 1.82) is 0 Å². The maximum atomic E-state index is 12.1. The molecule has 5 nitrogen and oxygen atoms in total. The number of carbonyl (C=O) groups excluding carboxylic acids is 1. The highest BCUT2D eigenvalue weighted by molar-refractivity contribution is 5.80. The predicted molar refractivity (Wildman–Crippen MR) is 67.6 cm³/mol. The first-order valence-corrected chi connectivity index (χ1v) is 6.20. The van der Waals surface area contributed by atoms with E-state index in [0.717, 1.165) is 6.54 Å². The zero-order valence-electron chi connectivity index (χ0n) is 11.3. The van der Waals surface area contributed by atoms with Crippen molar-refractivity contribution in [2.45, 2.75) is 25.9 Å². The monoisotopic (exact) mass is 243 g/mol. The van der Waals surface area contributed by atoms with Gasteiger partial charge in [0.2, 0.25) is 5.91 Å². The summed E-state index contributed by atoms with van der Waals surface area (Å²) in [6, 6.07) is -0.00697. The van der Waals surface area contributed by atoms with Crippen LogP contribution in [0.15, 0.2) is 0 Å². The molecule has 1 heterocycles. The summed E-state index contributed by atoms with van der Waals surface area (Å²) in [6.45, 7) is 5.99. The van der Waals surface area contributed by atoms with E-state index < -0.39 is 0 Å². The van der Waals surface area contributed by atoms with E-state index in [4.69, 9.17) is 10.5 Å². The fourth-order valence-corrected chi connectivity index (χ4v) is 1.95. The maximum Gasteiger partial charge on any atom is 0.227 e. The summed E-state index contributed by atoms with van der Waals surface area (Å²) in [5, 5.41) is 3.08. The van der Waals surface area contributed by atoms with E-state index in [1.54, 1.807) is 0 Å². The van der Waals surface area contributed by atoms with E-state index >= 15 is 0 Å². The molecule has 3 atom stereocenters. The first-order valence-electron chi connectivity index (χ1n) is 6.20. The van der Waals surface area contributed by atoms with E-state index in [9.17, 15) is 4.79 Å². The second kappa shape index (κ2) is 6.33. The van der Waals surface area contributed by atoms with E-state index in [1.165, 1.54) is 0 Å². The summed E-state index contributed by atoms with van der Waals surface area (Å²) in [5.41, 5.74) is 5.84. The van der Waals surface area contributed by atoms with Crippen molar-refractivity contribution in [2.24, 2.45) is 17.6 Å². The number of likely N-dealkylation sites (N-methyl/N-ethyl adjacent to an activating group) is 1. The number of nitrogens with zero attached hydrogens (tertiary/aromatic N) is 1. The molecule has 17 heavy (non-hydrogen) atoms. The summed E-state index contributed by atoms with van der Waals surface area (Å²) >= 11 is 0. The molecule has 1 amide bonds. The van der Waals surface area contributed by atoms with Gasteiger partial charge in [-0.3, -0.25) is 4.79 Å². The molecular formula is C12H25N3O2. The first kappa shape index (κ1) is 14.4. The zero-order valence-corrected chi connectivity index (χ0v) is 11.3. The van der Waals surface area contributed by atoms with E-state index in [-0.39, 0.29) is 23.9 Å². The van der Waals surface area contributed by atoms with Gasteiger partial charge in [0.05, 0.1) is 19.1 Å². The minimum absolute atomic E-state index is 0.0237. The van der Waals surface area contributed by atoms with Crippen molar-refractivity contribution in [3.8, 4) is 0 Å². The minimum Gasteiger partial charge on any atom is -0.379 e. The van der Waals surface area contributed by atoms with Crippen molar-refractivity contribution >= 4 is 5.91 Å². The summed E-state index contributed by atoms with van der Waals surface area (Å²) in [4.78, 5) is 14.1. The number of hydrogen-bond acceptors (Lipinski definition) is 4. The van der Waals surface area contributed by atoms with Crippen LogP contribution in [-0.4, -0.2) is 56.7 Å². The third-order valence-electron chi connectivity index (χ3n) is 3.16. The van der Waals surface area contributed by atoms with E-state index in [1.807, 2.05) is 14.1 Å². The number of amides is 1. The quantitative estimate of drug-likeness (QED) is 0.693. The molecule has 1 aliphatic rings. The summed E-state index contributed by atoms with van der Waals surface area (Å²) in [5.74, 6) is 0.230. The van der Waals surface area contributed by atoms with Gasteiger partial charge in [0.1, 0.15) is 0 Å². The van der Waals surface area contributed by atoms with Crippen LogP contribution in [0.4, 0.5) is 0 Å². The first-order chi connectivity index (χ1) is 7.91. The topological polar surface area (TPSA) is 67.6 Å². The molecule has 0 aromatic rings. The number of carbonyl (C=O) groups is 1. The van der Waals surface area contributed by atoms with Crippen LogP contribution in [0.5, 0.6) is 0 Å². The summed E-state index contributed by atoms with van der Waals surface area (Å²) in [6.07, 6.45) is 0. The molecule has 1 aliphatic heterocycles. The van der Waals surface area contributed by atoms with Gasteiger partial charge in [-0.15, -0.1) is 0 Å². The number of hydrogen-bond donors (Lipinski definition) is 2. The lowest BCUT2D eigenvalue weighted by Crippen LogP contribution is -2.50. The Balaban J connectivity index is 2.51. The molecule has 0 aromatic heterocycles. The lowest BCUT2D eigenvalue weighted by Gasteiger charge is -2.27. The average molecular weight is 243 g/mol. The molecule has 0 radical (unpaired) electrons. The Bertz CT molecular complexity index is 256. The molecular weight excluding hydrogens is 218 g/mol. The molecule has 0 aromatic carbocycles. The van der Waals surface area contributed by atoms with Crippen molar-refractivity contribution in [3.05, 3.63) is 0 Å². The molecule has 3 N–H and O–H groups in total. The fraction of sp³-hybridized carbons (Fsp3) is 0.917. The van der Waals surface area contributed by atoms with Gasteiger partial charge in [0.25, 0.3) is 0 Å².